The number of aryl methyl sites for hydroxylation is 2. The number of carbonyl (C=O) groups excluding carboxylic acids is 2. The molecular formula is C38H53ClN6O3. The smallest absolute Gasteiger partial charge is 0.410 e. The summed E-state index contributed by atoms with van der Waals surface area (Å²) < 4.78 is 7.61. The quantitative estimate of drug-likeness (QED) is 0.360. The summed E-state index contributed by atoms with van der Waals surface area (Å²) in [6, 6.07) is 4.24. The molecule has 5 aliphatic rings. The van der Waals surface area contributed by atoms with Crippen LogP contribution < -0.4 is 5.32 Å². The first-order chi connectivity index (χ1) is 23.4. The van der Waals surface area contributed by atoms with Crippen molar-refractivity contribution in [3.8, 4) is 0 Å². The second kappa shape index (κ2) is 18.4. The van der Waals surface area contributed by atoms with Crippen LogP contribution in [0.4, 0.5) is 4.79 Å². The number of fused-ring (bicyclic) bond motifs is 1. The summed E-state index contributed by atoms with van der Waals surface area (Å²) in [6.45, 7) is 10.3. The van der Waals surface area contributed by atoms with E-state index >= 15 is 0 Å². The second-order valence-corrected chi connectivity index (χ2v) is 14.1. The van der Waals surface area contributed by atoms with Gasteiger partial charge in [-0.2, -0.15) is 0 Å². The van der Waals surface area contributed by atoms with Gasteiger partial charge in [0.05, 0.1) is 12.0 Å². The van der Waals surface area contributed by atoms with Crippen molar-refractivity contribution in [2.45, 2.75) is 97.1 Å². The van der Waals surface area contributed by atoms with Gasteiger partial charge < -0.3 is 24.4 Å². The SMILES string of the molecule is CC1=CC(Cl)=CCC2=C1Cc1ncccc1CC2.Cc1cn(CC2CCCN(C=O)C2)cn1.O=C(OC1CCCCC1)N1CCNCC1. The topological polar surface area (TPSA) is 92.6 Å². The van der Waals surface area contributed by atoms with E-state index in [9.17, 15) is 9.59 Å². The number of piperazine rings is 1. The minimum absolute atomic E-state index is 0.108. The molecule has 3 aliphatic carbocycles. The molecule has 1 unspecified atom stereocenters. The highest BCUT2D eigenvalue weighted by atomic mass is 35.5. The number of rotatable bonds is 4. The van der Waals surface area contributed by atoms with Crippen molar-refractivity contribution in [2.75, 3.05) is 39.3 Å². The highest BCUT2D eigenvalue weighted by Gasteiger charge is 2.23. The monoisotopic (exact) mass is 676 g/mol. The maximum atomic E-state index is 11.7. The van der Waals surface area contributed by atoms with Gasteiger partial charge in [-0.05, 0) is 106 Å². The Hall–Kier alpha value is -3.43. The Labute approximate surface area is 291 Å². The van der Waals surface area contributed by atoms with Crippen molar-refractivity contribution in [2.24, 2.45) is 5.92 Å². The molecule has 48 heavy (non-hydrogen) atoms. The number of halogens is 1. The minimum Gasteiger partial charge on any atom is -0.446 e. The normalized spacial score (nSPS) is 21.4. The van der Waals surface area contributed by atoms with Gasteiger partial charge in [0.1, 0.15) is 6.10 Å². The molecule has 1 N–H and O–H groups in total. The zero-order valence-corrected chi connectivity index (χ0v) is 29.6. The largest absolute Gasteiger partial charge is 0.446 e. The molecule has 0 bridgehead atoms. The van der Waals surface area contributed by atoms with Crippen LogP contribution in [-0.2, 0) is 28.9 Å². The van der Waals surface area contributed by atoms with E-state index in [-0.39, 0.29) is 12.2 Å². The molecule has 4 heterocycles. The summed E-state index contributed by atoms with van der Waals surface area (Å²) >= 11 is 6.16. The molecular weight excluding hydrogens is 624 g/mol. The average Bonchev–Trinajstić information content (AvgIpc) is 3.35. The Kier molecular flexibility index (Phi) is 13.7. The number of allylic oxidation sites excluding steroid dienone is 6. The number of pyridine rings is 1. The molecule has 1 saturated carbocycles. The molecule has 2 saturated heterocycles. The lowest BCUT2D eigenvalue weighted by Gasteiger charge is -2.29. The predicted octanol–water partition coefficient (Wildman–Crippen LogP) is 6.76. The predicted molar refractivity (Wildman–Crippen MR) is 191 cm³/mol. The standard InChI is InChI=1S/C16H16ClN.C11H17N3O.C11H20N2O2/c1-11-9-14(17)7-6-12-4-5-13-3-2-8-18-16(13)10-15(11)12;1-10-5-14(8-12-10)7-11-3-2-4-13(6-11)9-15;14-11(13-8-6-12-7-9-13)15-10-4-2-1-3-5-10/h2-3,7-9H,4-6,10H2,1H3;5,8-9,11H,2-4,6-7H2,1H3;10,12H,1-9H2. The summed E-state index contributed by atoms with van der Waals surface area (Å²) in [6.07, 6.45) is 23.4. The molecule has 10 heteroatoms. The second-order valence-electron chi connectivity index (χ2n) is 13.7. The molecule has 2 amide bonds. The van der Waals surface area contributed by atoms with Crippen LogP contribution in [0.2, 0.25) is 0 Å². The van der Waals surface area contributed by atoms with Crippen LogP contribution in [-0.4, -0.2) is 82.2 Å². The molecule has 2 aromatic rings. The van der Waals surface area contributed by atoms with Crippen LogP contribution in [0.3, 0.4) is 0 Å². The highest BCUT2D eigenvalue weighted by molar-refractivity contribution is 6.31. The first kappa shape index (κ1) is 35.9. The number of nitrogens with zero attached hydrogens (tertiary/aromatic N) is 5. The number of piperidine rings is 1. The van der Waals surface area contributed by atoms with E-state index in [1.165, 1.54) is 53.7 Å². The number of likely N-dealkylation sites (tertiary alicyclic amines) is 1. The van der Waals surface area contributed by atoms with Crippen molar-refractivity contribution in [1.82, 2.24) is 29.7 Å². The number of hydrogen-bond donors (Lipinski definition) is 1. The average molecular weight is 677 g/mol. The first-order valence-electron chi connectivity index (χ1n) is 17.9. The van der Waals surface area contributed by atoms with E-state index < -0.39 is 0 Å². The molecule has 7 rings (SSSR count). The van der Waals surface area contributed by atoms with Crippen molar-refractivity contribution < 1.29 is 14.3 Å². The summed E-state index contributed by atoms with van der Waals surface area (Å²) in [7, 11) is 0. The van der Waals surface area contributed by atoms with Gasteiger partial charge in [-0.3, -0.25) is 9.78 Å². The Balaban J connectivity index is 0.000000142. The Morgan fingerprint density at radius 2 is 1.88 bits per heavy atom. The number of amides is 2. The molecule has 260 valence electrons. The number of aromatic nitrogens is 3. The van der Waals surface area contributed by atoms with E-state index in [0.29, 0.717) is 5.92 Å². The third-order valence-electron chi connectivity index (χ3n) is 9.95. The molecule has 2 aromatic heterocycles. The lowest BCUT2D eigenvalue weighted by atomic mass is 9.96. The molecule has 0 radical (unpaired) electrons. The lowest BCUT2D eigenvalue weighted by molar-refractivity contribution is -0.119. The Bertz CT molecular complexity index is 1450. The van der Waals surface area contributed by atoms with Gasteiger partial charge in [0.15, 0.2) is 0 Å². The van der Waals surface area contributed by atoms with E-state index in [0.717, 1.165) is 108 Å². The zero-order chi connectivity index (χ0) is 33.7. The van der Waals surface area contributed by atoms with Crippen LogP contribution in [0.15, 0.2) is 64.8 Å². The first-order valence-corrected chi connectivity index (χ1v) is 18.3. The van der Waals surface area contributed by atoms with Crippen LogP contribution in [0, 0.1) is 12.8 Å². The Morgan fingerprint density at radius 1 is 1.06 bits per heavy atom. The maximum absolute atomic E-state index is 11.7. The van der Waals surface area contributed by atoms with E-state index in [4.69, 9.17) is 16.3 Å². The third kappa shape index (κ3) is 10.8. The fourth-order valence-electron chi connectivity index (χ4n) is 7.26. The number of ether oxygens (including phenoxy) is 1. The summed E-state index contributed by atoms with van der Waals surface area (Å²) in [5.74, 6) is 0.581. The van der Waals surface area contributed by atoms with E-state index in [1.807, 2.05) is 35.3 Å². The summed E-state index contributed by atoms with van der Waals surface area (Å²) in [5.41, 5.74) is 7.94. The fraction of sp³-hybridized carbons (Fsp3) is 0.579. The summed E-state index contributed by atoms with van der Waals surface area (Å²) in [4.78, 5) is 34.8. The number of nitrogens with one attached hydrogen (secondary N) is 1. The van der Waals surface area contributed by atoms with E-state index in [2.05, 4.69) is 51.2 Å². The van der Waals surface area contributed by atoms with Gasteiger partial charge in [-0.25, -0.2) is 9.78 Å². The third-order valence-corrected chi connectivity index (χ3v) is 10.2. The number of imidazole rings is 1. The van der Waals surface area contributed by atoms with Crippen LogP contribution in [0.5, 0.6) is 0 Å². The van der Waals surface area contributed by atoms with Crippen molar-refractivity contribution >= 4 is 24.1 Å². The molecule has 1 atom stereocenters. The number of carbonyl (C=O) groups is 2. The van der Waals surface area contributed by atoms with Gasteiger partial charge in [0, 0.05) is 75.4 Å². The van der Waals surface area contributed by atoms with Gasteiger partial charge in [0.25, 0.3) is 0 Å². The molecule has 0 spiro atoms. The van der Waals surface area contributed by atoms with E-state index in [1.54, 1.807) is 0 Å². The Morgan fingerprint density at radius 3 is 2.62 bits per heavy atom. The van der Waals surface area contributed by atoms with Crippen LogP contribution in [0.25, 0.3) is 0 Å². The summed E-state index contributed by atoms with van der Waals surface area (Å²) in [5, 5.41) is 4.09. The van der Waals surface area contributed by atoms with Gasteiger partial charge in [-0.15, -0.1) is 0 Å². The van der Waals surface area contributed by atoms with Gasteiger partial charge in [0.2, 0.25) is 6.41 Å². The lowest BCUT2D eigenvalue weighted by Crippen LogP contribution is -2.47. The van der Waals surface area contributed by atoms with Gasteiger partial charge >= 0.3 is 6.09 Å². The van der Waals surface area contributed by atoms with Crippen LogP contribution >= 0.6 is 11.6 Å². The molecule has 2 aliphatic heterocycles. The highest BCUT2D eigenvalue weighted by Crippen LogP contribution is 2.33. The van der Waals surface area contributed by atoms with Gasteiger partial charge in [-0.1, -0.05) is 35.7 Å². The fourth-order valence-corrected chi connectivity index (χ4v) is 7.50. The number of hydrogen-bond acceptors (Lipinski definition) is 6. The zero-order valence-electron chi connectivity index (χ0n) is 28.8. The maximum Gasteiger partial charge on any atom is 0.410 e. The molecule has 3 fully saturated rings. The van der Waals surface area contributed by atoms with Crippen molar-refractivity contribution in [3.63, 3.8) is 0 Å². The molecule has 0 aromatic carbocycles. The van der Waals surface area contributed by atoms with Crippen molar-refractivity contribution in [1.29, 1.82) is 0 Å². The van der Waals surface area contributed by atoms with Crippen LogP contribution in [0.1, 0.15) is 81.7 Å². The molecule has 9 nitrogen and oxygen atoms in total. The minimum atomic E-state index is -0.108. The van der Waals surface area contributed by atoms with Crippen molar-refractivity contribution in [3.05, 3.63) is 81.7 Å².